The normalized spacial score (nSPS) is 22.1. The lowest BCUT2D eigenvalue weighted by atomic mass is 9.98. The predicted octanol–water partition coefficient (Wildman–Crippen LogP) is 0.446. The van der Waals surface area contributed by atoms with Crippen molar-refractivity contribution in [1.82, 2.24) is 5.32 Å². The molecule has 0 bridgehead atoms. The van der Waals surface area contributed by atoms with E-state index in [4.69, 9.17) is 5.73 Å². The minimum Gasteiger partial charge on any atom is -0.387 e. The first-order chi connectivity index (χ1) is 6.75. The van der Waals surface area contributed by atoms with Crippen molar-refractivity contribution in [3.05, 3.63) is 12.2 Å². The summed E-state index contributed by atoms with van der Waals surface area (Å²) in [6.07, 6.45) is 5.56. The highest BCUT2D eigenvalue weighted by Gasteiger charge is 2.23. The number of carbonyl (C=O) groups is 1. The third kappa shape index (κ3) is 2.87. The molecule has 0 aliphatic carbocycles. The maximum atomic E-state index is 11.6. The fourth-order valence-corrected chi connectivity index (χ4v) is 1.43. The van der Waals surface area contributed by atoms with Gasteiger partial charge in [-0.1, -0.05) is 12.2 Å². The number of hydrogen-bond acceptors (Lipinski definition) is 3. The van der Waals surface area contributed by atoms with Crippen LogP contribution in [0, 0.1) is 5.92 Å². The van der Waals surface area contributed by atoms with Crippen molar-refractivity contribution in [2.24, 2.45) is 16.6 Å². The molecule has 0 fully saturated rings. The average molecular weight is 195 g/mol. The first-order valence-electron chi connectivity index (χ1n) is 4.94. The van der Waals surface area contributed by atoms with Gasteiger partial charge in [-0.3, -0.25) is 9.79 Å². The van der Waals surface area contributed by atoms with Crippen LogP contribution in [0.3, 0.4) is 0 Å². The summed E-state index contributed by atoms with van der Waals surface area (Å²) >= 11 is 0. The Morgan fingerprint density at radius 2 is 2.57 bits per heavy atom. The first-order valence-corrected chi connectivity index (χ1v) is 4.94. The molecule has 1 atom stereocenters. The van der Waals surface area contributed by atoms with Gasteiger partial charge < -0.3 is 11.1 Å². The van der Waals surface area contributed by atoms with E-state index < -0.39 is 0 Å². The smallest absolute Gasteiger partial charge is 0.230 e. The molecule has 4 heteroatoms. The van der Waals surface area contributed by atoms with E-state index in [0.717, 1.165) is 19.4 Å². The number of rotatable bonds is 3. The number of hydrogen-bond donors (Lipinski definition) is 2. The van der Waals surface area contributed by atoms with Crippen LogP contribution < -0.4 is 11.1 Å². The third-order valence-electron chi connectivity index (χ3n) is 2.25. The summed E-state index contributed by atoms with van der Waals surface area (Å²) in [5.41, 5.74) is 5.66. The van der Waals surface area contributed by atoms with E-state index >= 15 is 0 Å². The molecule has 1 amide bonds. The summed E-state index contributed by atoms with van der Waals surface area (Å²) in [6.45, 7) is 3.24. The third-order valence-corrected chi connectivity index (χ3v) is 2.25. The molecule has 14 heavy (non-hydrogen) atoms. The summed E-state index contributed by atoms with van der Waals surface area (Å²) in [4.78, 5) is 15.7. The number of amidine groups is 1. The Kier molecular flexibility index (Phi) is 4.16. The lowest BCUT2D eigenvalue weighted by Crippen LogP contribution is -2.40. The minimum absolute atomic E-state index is 0.0101. The Balaban J connectivity index is 2.43. The number of nitrogens with one attached hydrogen (secondary N) is 1. The Hall–Kier alpha value is -1.32. The molecule has 0 saturated heterocycles. The van der Waals surface area contributed by atoms with E-state index in [9.17, 15) is 4.79 Å². The van der Waals surface area contributed by atoms with E-state index in [1.165, 1.54) is 0 Å². The molecule has 0 aromatic rings. The summed E-state index contributed by atoms with van der Waals surface area (Å²) in [6, 6.07) is 0. The number of aliphatic imine (C=N–C) groups is 1. The zero-order valence-corrected chi connectivity index (χ0v) is 8.49. The number of amides is 1. The van der Waals surface area contributed by atoms with Gasteiger partial charge in [0.2, 0.25) is 5.91 Å². The topological polar surface area (TPSA) is 67.5 Å². The molecular weight excluding hydrogens is 178 g/mol. The highest BCUT2D eigenvalue weighted by atomic mass is 16.1. The first kappa shape index (κ1) is 10.8. The van der Waals surface area contributed by atoms with Crippen molar-refractivity contribution < 1.29 is 4.79 Å². The molecule has 1 aliphatic heterocycles. The van der Waals surface area contributed by atoms with Crippen LogP contribution in [0.25, 0.3) is 0 Å². The van der Waals surface area contributed by atoms with Crippen LogP contribution in [-0.2, 0) is 4.79 Å². The van der Waals surface area contributed by atoms with Crippen molar-refractivity contribution in [3.63, 3.8) is 0 Å². The number of nitrogens with zero attached hydrogens (tertiary/aromatic N) is 1. The molecule has 4 nitrogen and oxygen atoms in total. The maximum Gasteiger partial charge on any atom is 0.230 e. The Morgan fingerprint density at radius 1 is 1.79 bits per heavy atom. The van der Waals surface area contributed by atoms with E-state index in [1.807, 2.05) is 19.1 Å². The monoisotopic (exact) mass is 195 g/mol. The standard InChI is InChI=1S/C10H17N3O/c1-2-3-6-13-10(14)8-5-4-7-12-9(8)11/h2-3,8H,4-7H2,1H3,(H2,11,12)(H,13,14)/b3-2+. The van der Waals surface area contributed by atoms with Gasteiger partial charge in [0.05, 0.1) is 5.92 Å². The highest BCUT2D eigenvalue weighted by Crippen LogP contribution is 2.12. The molecule has 1 rings (SSSR count). The van der Waals surface area contributed by atoms with Gasteiger partial charge in [0, 0.05) is 13.1 Å². The van der Waals surface area contributed by atoms with Gasteiger partial charge in [-0.25, -0.2) is 0 Å². The molecule has 0 radical (unpaired) electrons. The number of carbonyl (C=O) groups excluding carboxylic acids is 1. The van der Waals surface area contributed by atoms with Crippen molar-refractivity contribution in [2.75, 3.05) is 13.1 Å². The Labute approximate surface area is 84.3 Å². The van der Waals surface area contributed by atoms with Crippen molar-refractivity contribution in [1.29, 1.82) is 0 Å². The average Bonchev–Trinajstić information content (AvgIpc) is 2.18. The summed E-state index contributed by atoms with van der Waals surface area (Å²) in [7, 11) is 0. The fourth-order valence-electron chi connectivity index (χ4n) is 1.43. The van der Waals surface area contributed by atoms with Gasteiger partial charge in [0.1, 0.15) is 5.84 Å². The quantitative estimate of drug-likeness (QED) is 0.642. The molecule has 0 aromatic carbocycles. The van der Waals surface area contributed by atoms with Crippen molar-refractivity contribution >= 4 is 11.7 Å². The second kappa shape index (κ2) is 5.42. The predicted molar refractivity (Wildman–Crippen MR) is 57.0 cm³/mol. The largest absolute Gasteiger partial charge is 0.387 e. The Morgan fingerprint density at radius 3 is 3.21 bits per heavy atom. The summed E-state index contributed by atoms with van der Waals surface area (Å²) in [5, 5.41) is 2.80. The van der Waals surface area contributed by atoms with E-state index in [2.05, 4.69) is 10.3 Å². The number of nitrogens with two attached hydrogens (primary N) is 1. The minimum atomic E-state index is -0.214. The lowest BCUT2D eigenvalue weighted by Gasteiger charge is -2.19. The lowest BCUT2D eigenvalue weighted by molar-refractivity contribution is -0.123. The second-order valence-corrected chi connectivity index (χ2v) is 3.32. The van der Waals surface area contributed by atoms with Crippen LogP contribution in [0.5, 0.6) is 0 Å². The molecule has 0 saturated carbocycles. The zero-order chi connectivity index (χ0) is 10.4. The van der Waals surface area contributed by atoms with E-state index in [0.29, 0.717) is 12.4 Å². The van der Waals surface area contributed by atoms with Crippen molar-refractivity contribution in [3.8, 4) is 0 Å². The molecule has 1 heterocycles. The highest BCUT2D eigenvalue weighted by molar-refractivity contribution is 6.02. The van der Waals surface area contributed by atoms with Crippen LogP contribution in [0.15, 0.2) is 17.1 Å². The molecule has 3 N–H and O–H groups in total. The van der Waals surface area contributed by atoms with Crippen LogP contribution >= 0.6 is 0 Å². The fraction of sp³-hybridized carbons (Fsp3) is 0.600. The second-order valence-electron chi connectivity index (χ2n) is 3.32. The molecular formula is C10H17N3O. The van der Waals surface area contributed by atoms with Crippen LogP contribution in [0.2, 0.25) is 0 Å². The zero-order valence-electron chi connectivity index (χ0n) is 8.49. The molecule has 0 aromatic heterocycles. The molecule has 1 unspecified atom stereocenters. The molecule has 1 aliphatic rings. The van der Waals surface area contributed by atoms with E-state index in [-0.39, 0.29) is 11.8 Å². The number of allylic oxidation sites excluding steroid dienone is 1. The van der Waals surface area contributed by atoms with Crippen LogP contribution in [0.1, 0.15) is 19.8 Å². The van der Waals surface area contributed by atoms with Gasteiger partial charge >= 0.3 is 0 Å². The van der Waals surface area contributed by atoms with Gasteiger partial charge in [-0.2, -0.15) is 0 Å². The maximum absolute atomic E-state index is 11.6. The van der Waals surface area contributed by atoms with Gasteiger partial charge in [-0.15, -0.1) is 0 Å². The van der Waals surface area contributed by atoms with Crippen LogP contribution in [0.4, 0.5) is 0 Å². The Bertz CT molecular complexity index is 258. The molecule has 0 spiro atoms. The SMILES string of the molecule is C/C=C/CNC(=O)C1CCCN=C1N. The van der Waals surface area contributed by atoms with Gasteiger partial charge in [0.15, 0.2) is 0 Å². The van der Waals surface area contributed by atoms with E-state index in [1.54, 1.807) is 0 Å². The van der Waals surface area contributed by atoms with Gasteiger partial charge in [-0.05, 0) is 19.8 Å². The van der Waals surface area contributed by atoms with Crippen LogP contribution in [-0.4, -0.2) is 24.8 Å². The van der Waals surface area contributed by atoms with Gasteiger partial charge in [0.25, 0.3) is 0 Å². The summed E-state index contributed by atoms with van der Waals surface area (Å²) < 4.78 is 0. The molecule has 78 valence electrons. The van der Waals surface area contributed by atoms with Crippen molar-refractivity contribution in [2.45, 2.75) is 19.8 Å². The summed E-state index contributed by atoms with van der Waals surface area (Å²) in [5.74, 6) is 0.257.